The molecule has 2 N–H and O–H groups in total. The summed E-state index contributed by atoms with van der Waals surface area (Å²) in [7, 11) is 0. The summed E-state index contributed by atoms with van der Waals surface area (Å²) < 4.78 is 55.7. The molecule has 2 atom stereocenters. The van der Waals surface area contributed by atoms with Crippen LogP contribution in [0, 0.1) is 5.82 Å². The number of hydrogen-bond donors (Lipinski definition) is 1. The fourth-order valence-corrected chi connectivity index (χ4v) is 1.61. The highest BCUT2D eigenvalue weighted by molar-refractivity contribution is 5.28. The van der Waals surface area contributed by atoms with E-state index < -0.39 is 29.7 Å². The molecule has 102 valence electrons. The van der Waals surface area contributed by atoms with E-state index in [0.717, 1.165) is 6.07 Å². The van der Waals surface area contributed by atoms with Gasteiger partial charge >= 0.3 is 6.18 Å². The molecule has 2 unspecified atom stereocenters. The van der Waals surface area contributed by atoms with Gasteiger partial charge in [-0.15, -0.1) is 0 Å². The standard InChI is InChI=1S/C12H15F4NO/c1-3-18-7(2)11(17)8-4-5-9(10(13)6-8)12(14,15)16/h4-7,11H,3,17H2,1-2H3. The molecule has 0 saturated carbocycles. The van der Waals surface area contributed by atoms with E-state index in [-0.39, 0.29) is 5.56 Å². The van der Waals surface area contributed by atoms with E-state index in [1.165, 1.54) is 6.07 Å². The molecule has 6 heteroatoms. The molecular weight excluding hydrogens is 250 g/mol. The number of ether oxygens (including phenoxy) is 1. The minimum Gasteiger partial charge on any atom is -0.377 e. The van der Waals surface area contributed by atoms with Gasteiger partial charge in [0.15, 0.2) is 0 Å². The first-order valence-corrected chi connectivity index (χ1v) is 5.51. The average Bonchev–Trinajstić information content (AvgIpc) is 2.26. The van der Waals surface area contributed by atoms with Crippen LogP contribution in [0.25, 0.3) is 0 Å². The van der Waals surface area contributed by atoms with Gasteiger partial charge in [0.1, 0.15) is 5.82 Å². The predicted octanol–water partition coefficient (Wildman–Crippen LogP) is 3.27. The van der Waals surface area contributed by atoms with Crippen LogP contribution in [0.3, 0.4) is 0 Å². The molecule has 0 fully saturated rings. The highest BCUT2D eigenvalue weighted by atomic mass is 19.4. The van der Waals surface area contributed by atoms with Crippen molar-refractivity contribution in [1.29, 1.82) is 0 Å². The van der Waals surface area contributed by atoms with Crippen LogP contribution in [0.2, 0.25) is 0 Å². The highest BCUT2D eigenvalue weighted by Gasteiger charge is 2.34. The molecule has 0 spiro atoms. The van der Waals surface area contributed by atoms with Gasteiger partial charge in [-0.1, -0.05) is 6.07 Å². The van der Waals surface area contributed by atoms with Gasteiger partial charge < -0.3 is 10.5 Å². The highest BCUT2D eigenvalue weighted by Crippen LogP contribution is 2.32. The largest absolute Gasteiger partial charge is 0.419 e. The summed E-state index contributed by atoms with van der Waals surface area (Å²) in [5.74, 6) is -1.32. The lowest BCUT2D eigenvalue weighted by molar-refractivity contribution is -0.140. The van der Waals surface area contributed by atoms with Crippen LogP contribution in [0.5, 0.6) is 0 Å². The number of halogens is 4. The number of hydrogen-bond acceptors (Lipinski definition) is 2. The molecule has 1 rings (SSSR count). The van der Waals surface area contributed by atoms with Crippen LogP contribution >= 0.6 is 0 Å². The summed E-state index contributed by atoms with van der Waals surface area (Å²) in [6.45, 7) is 3.89. The minimum absolute atomic E-state index is 0.279. The zero-order valence-corrected chi connectivity index (χ0v) is 10.1. The second-order valence-corrected chi connectivity index (χ2v) is 3.92. The van der Waals surface area contributed by atoms with Gasteiger partial charge in [0.05, 0.1) is 17.7 Å². The van der Waals surface area contributed by atoms with Crippen molar-refractivity contribution in [2.45, 2.75) is 32.2 Å². The third kappa shape index (κ3) is 3.43. The first kappa shape index (κ1) is 14.9. The lowest BCUT2D eigenvalue weighted by Gasteiger charge is -2.20. The average molecular weight is 265 g/mol. The first-order chi connectivity index (χ1) is 8.27. The van der Waals surface area contributed by atoms with Crippen molar-refractivity contribution in [2.75, 3.05) is 6.61 Å². The van der Waals surface area contributed by atoms with Crippen LogP contribution in [0.4, 0.5) is 17.6 Å². The molecule has 2 nitrogen and oxygen atoms in total. The lowest BCUT2D eigenvalue weighted by atomic mass is 10.0. The summed E-state index contributed by atoms with van der Waals surface area (Å²) in [5.41, 5.74) is 4.77. The predicted molar refractivity (Wildman–Crippen MR) is 59.4 cm³/mol. The first-order valence-electron chi connectivity index (χ1n) is 5.51. The summed E-state index contributed by atoms with van der Waals surface area (Å²) in [4.78, 5) is 0. The van der Waals surface area contributed by atoms with Crippen molar-refractivity contribution in [3.05, 3.63) is 35.1 Å². The molecule has 18 heavy (non-hydrogen) atoms. The zero-order chi connectivity index (χ0) is 13.9. The van der Waals surface area contributed by atoms with Crippen molar-refractivity contribution < 1.29 is 22.3 Å². The van der Waals surface area contributed by atoms with E-state index in [1.54, 1.807) is 13.8 Å². The molecule has 1 aromatic carbocycles. The molecule has 0 saturated heterocycles. The number of benzene rings is 1. The summed E-state index contributed by atoms with van der Waals surface area (Å²) in [6.07, 6.45) is -5.09. The fraction of sp³-hybridized carbons (Fsp3) is 0.500. The third-order valence-electron chi connectivity index (χ3n) is 2.62. The Kier molecular flexibility index (Phi) is 4.70. The molecule has 0 heterocycles. The Morgan fingerprint density at radius 3 is 2.39 bits per heavy atom. The molecule has 0 bridgehead atoms. The summed E-state index contributed by atoms with van der Waals surface area (Å²) in [6, 6.07) is 2.01. The maximum atomic E-state index is 13.3. The Labute approximate surface area is 103 Å². The number of rotatable bonds is 4. The maximum Gasteiger partial charge on any atom is 0.419 e. The van der Waals surface area contributed by atoms with E-state index in [2.05, 4.69) is 0 Å². The van der Waals surface area contributed by atoms with Crippen molar-refractivity contribution in [3.63, 3.8) is 0 Å². The summed E-state index contributed by atoms with van der Waals surface area (Å²) >= 11 is 0. The zero-order valence-electron chi connectivity index (χ0n) is 10.1. The molecule has 0 amide bonds. The molecule has 0 radical (unpaired) electrons. The van der Waals surface area contributed by atoms with Crippen molar-refractivity contribution in [3.8, 4) is 0 Å². The third-order valence-corrected chi connectivity index (χ3v) is 2.62. The molecule has 0 aliphatic carbocycles. The Hall–Kier alpha value is -1.14. The van der Waals surface area contributed by atoms with Crippen LogP contribution in [-0.2, 0) is 10.9 Å². The Morgan fingerprint density at radius 2 is 1.94 bits per heavy atom. The molecule has 0 aliphatic rings. The van der Waals surface area contributed by atoms with Crippen LogP contribution < -0.4 is 5.73 Å². The van der Waals surface area contributed by atoms with E-state index in [9.17, 15) is 17.6 Å². The van der Waals surface area contributed by atoms with Crippen LogP contribution in [0.1, 0.15) is 31.0 Å². The minimum atomic E-state index is -4.70. The van der Waals surface area contributed by atoms with Crippen molar-refractivity contribution in [2.24, 2.45) is 5.73 Å². The molecule has 0 aliphatic heterocycles. The quantitative estimate of drug-likeness (QED) is 0.848. The second kappa shape index (κ2) is 5.67. The normalized spacial score (nSPS) is 15.5. The Bertz CT molecular complexity index is 406. The van der Waals surface area contributed by atoms with Crippen molar-refractivity contribution >= 4 is 0 Å². The van der Waals surface area contributed by atoms with Crippen LogP contribution in [0.15, 0.2) is 18.2 Å². The smallest absolute Gasteiger partial charge is 0.377 e. The monoisotopic (exact) mass is 265 g/mol. The molecule has 1 aromatic rings. The molecular formula is C12H15F4NO. The van der Waals surface area contributed by atoms with Crippen LogP contribution in [-0.4, -0.2) is 12.7 Å². The van der Waals surface area contributed by atoms with Gasteiger partial charge in [-0.25, -0.2) is 4.39 Å². The number of alkyl halides is 3. The lowest BCUT2D eigenvalue weighted by Crippen LogP contribution is -2.26. The van der Waals surface area contributed by atoms with Gasteiger partial charge in [-0.3, -0.25) is 0 Å². The fourth-order valence-electron chi connectivity index (χ4n) is 1.61. The Balaban J connectivity index is 2.97. The van der Waals surface area contributed by atoms with Gasteiger partial charge in [0, 0.05) is 6.61 Å². The summed E-state index contributed by atoms with van der Waals surface area (Å²) in [5, 5.41) is 0. The second-order valence-electron chi connectivity index (χ2n) is 3.92. The SMILES string of the molecule is CCOC(C)C(N)c1ccc(C(F)(F)F)c(F)c1. The Morgan fingerprint density at radius 1 is 1.33 bits per heavy atom. The van der Waals surface area contributed by atoms with Crippen molar-refractivity contribution in [1.82, 2.24) is 0 Å². The van der Waals surface area contributed by atoms with E-state index >= 15 is 0 Å². The maximum absolute atomic E-state index is 13.3. The van der Waals surface area contributed by atoms with Gasteiger partial charge in [-0.05, 0) is 31.5 Å². The van der Waals surface area contributed by atoms with Gasteiger partial charge in [-0.2, -0.15) is 13.2 Å². The van der Waals surface area contributed by atoms with Gasteiger partial charge in [0.2, 0.25) is 0 Å². The van der Waals surface area contributed by atoms with Gasteiger partial charge in [0.25, 0.3) is 0 Å². The van der Waals surface area contributed by atoms with E-state index in [4.69, 9.17) is 10.5 Å². The number of nitrogens with two attached hydrogens (primary N) is 1. The van der Waals surface area contributed by atoms with E-state index in [1.807, 2.05) is 0 Å². The van der Waals surface area contributed by atoms with E-state index in [0.29, 0.717) is 12.7 Å². The molecule has 0 aromatic heterocycles. The topological polar surface area (TPSA) is 35.2 Å².